The second-order valence-electron chi connectivity index (χ2n) is 5.85. The van der Waals surface area contributed by atoms with E-state index in [0.717, 1.165) is 45.1 Å². The first-order valence-electron chi connectivity index (χ1n) is 7.51. The van der Waals surface area contributed by atoms with E-state index in [4.69, 9.17) is 0 Å². The molecular formula is C16H24N4. The minimum Gasteiger partial charge on any atom is -0.370 e. The largest absolute Gasteiger partial charge is 0.370 e. The second kappa shape index (κ2) is 5.94. The van der Waals surface area contributed by atoms with Gasteiger partial charge in [-0.05, 0) is 19.5 Å². The molecule has 1 aromatic rings. The molecule has 20 heavy (non-hydrogen) atoms. The van der Waals surface area contributed by atoms with E-state index in [1.54, 1.807) is 0 Å². The maximum atomic E-state index is 4.68. The molecule has 1 atom stereocenters. The first kappa shape index (κ1) is 13.6. The SMILES string of the molecule is Cc1ccc(C(C2=NCCN2)N2CCN(C)CC2)cc1. The van der Waals surface area contributed by atoms with E-state index in [1.165, 1.54) is 11.1 Å². The highest BCUT2D eigenvalue weighted by atomic mass is 15.3. The van der Waals surface area contributed by atoms with Gasteiger partial charge in [-0.25, -0.2) is 0 Å². The fourth-order valence-corrected chi connectivity index (χ4v) is 2.97. The molecule has 0 saturated carbocycles. The van der Waals surface area contributed by atoms with Crippen LogP contribution in [-0.2, 0) is 0 Å². The zero-order chi connectivity index (χ0) is 13.9. The molecule has 108 valence electrons. The lowest BCUT2D eigenvalue weighted by molar-refractivity contribution is 0.136. The summed E-state index contributed by atoms with van der Waals surface area (Å²) in [5.41, 5.74) is 2.67. The van der Waals surface area contributed by atoms with Crippen LogP contribution in [0.3, 0.4) is 0 Å². The maximum absolute atomic E-state index is 4.68. The van der Waals surface area contributed by atoms with Crippen LogP contribution in [0.25, 0.3) is 0 Å². The molecule has 0 spiro atoms. The Kier molecular flexibility index (Phi) is 4.03. The number of nitrogens with one attached hydrogen (secondary N) is 1. The molecule has 4 nitrogen and oxygen atoms in total. The van der Waals surface area contributed by atoms with Crippen molar-refractivity contribution in [1.82, 2.24) is 15.1 Å². The summed E-state index contributed by atoms with van der Waals surface area (Å²) in [4.78, 5) is 9.63. The molecule has 1 N–H and O–H groups in total. The topological polar surface area (TPSA) is 30.9 Å². The van der Waals surface area contributed by atoms with Crippen molar-refractivity contribution in [2.75, 3.05) is 46.3 Å². The van der Waals surface area contributed by atoms with Gasteiger partial charge in [0, 0.05) is 32.7 Å². The molecule has 4 heteroatoms. The molecule has 3 rings (SSSR count). The van der Waals surface area contributed by atoms with E-state index < -0.39 is 0 Å². The number of nitrogens with zero attached hydrogens (tertiary/aromatic N) is 3. The molecular weight excluding hydrogens is 248 g/mol. The Morgan fingerprint density at radius 2 is 1.80 bits per heavy atom. The molecule has 1 aromatic carbocycles. The van der Waals surface area contributed by atoms with Gasteiger partial charge >= 0.3 is 0 Å². The number of hydrogen-bond donors (Lipinski definition) is 1. The van der Waals surface area contributed by atoms with Crippen LogP contribution in [-0.4, -0.2) is 62.0 Å². The first-order chi connectivity index (χ1) is 9.74. The average Bonchev–Trinajstić information content (AvgIpc) is 2.97. The molecule has 0 bridgehead atoms. The third-order valence-electron chi connectivity index (χ3n) is 4.26. The predicted octanol–water partition coefficient (Wildman–Crippen LogP) is 1.29. The predicted molar refractivity (Wildman–Crippen MR) is 83.3 cm³/mol. The number of rotatable bonds is 3. The Morgan fingerprint density at radius 3 is 2.40 bits per heavy atom. The van der Waals surface area contributed by atoms with Gasteiger partial charge in [0.1, 0.15) is 5.84 Å². The second-order valence-corrected chi connectivity index (χ2v) is 5.85. The van der Waals surface area contributed by atoms with Crippen LogP contribution in [0.4, 0.5) is 0 Å². The molecule has 1 saturated heterocycles. The molecule has 1 fully saturated rings. The maximum Gasteiger partial charge on any atom is 0.119 e. The lowest BCUT2D eigenvalue weighted by atomic mass is 10.0. The van der Waals surface area contributed by atoms with Gasteiger partial charge in [-0.2, -0.15) is 0 Å². The number of aryl methyl sites for hydroxylation is 1. The number of likely N-dealkylation sites (N-methyl/N-ethyl adjacent to an activating group) is 1. The Balaban J connectivity index is 1.85. The monoisotopic (exact) mass is 272 g/mol. The molecule has 0 aliphatic carbocycles. The number of piperazine rings is 1. The molecule has 0 radical (unpaired) electrons. The third-order valence-corrected chi connectivity index (χ3v) is 4.26. The van der Waals surface area contributed by atoms with Crippen molar-refractivity contribution >= 4 is 5.84 Å². The van der Waals surface area contributed by atoms with Crippen LogP contribution < -0.4 is 5.32 Å². The van der Waals surface area contributed by atoms with Crippen molar-refractivity contribution in [3.05, 3.63) is 35.4 Å². The lowest BCUT2D eigenvalue weighted by Crippen LogP contribution is -2.49. The van der Waals surface area contributed by atoms with E-state index in [0.29, 0.717) is 6.04 Å². The molecule has 2 aliphatic rings. The quantitative estimate of drug-likeness (QED) is 0.899. The summed E-state index contributed by atoms with van der Waals surface area (Å²) >= 11 is 0. The van der Waals surface area contributed by atoms with Gasteiger partial charge in [0.15, 0.2) is 0 Å². The number of benzene rings is 1. The molecule has 2 heterocycles. The summed E-state index contributed by atoms with van der Waals surface area (Å²) in [6.07, 6.45) is 0. The zero-order valence-electron chi connectivity index (χ0n) is 12.5. The van der Waals surface area contributed by atoms with Crippen molar-refractivity contribution < 1.29 is 0 Å². The highest BCUT2D eigenvalue weighted by molar-refractivity contribution is 5.89. The van der Waals surface area contributed by atoms with E-state index in [-0.39, 0.29) is 0 Å². The Morgan fingerprint density at radius 1 is 1.10 bits per heavy atom. The van der Waals surface area contributed by atoms with Crippen molar-refractivity contribution in [1.29, 1.82) is 0 Å². The van der Waals surface area contributed by atoms with E-state index >= 15 is 0 Å². The van der Waals surface area contributed by atoms with E-state index in [1.807, 2.05) is 0 Å². The van der Waals surface area contributed by atoms with Crippen LogP contribution in [0, 0.1) is 6.92 Å². The van der Waals surface area contributed by atoms with Crippen LogP contribution >= 0.6 is 0 Å². The van der Waals surface area contributed by atoms with Gasteiger partial charge in [-0.3, -0.25) is 9.89 Å². The van der Waals surface area contributed by atoms with Crippen LogP contribution in [0.2, 0.25) is 0 Å². The van der Waals surface area contributed by atoms with Gasteiger partial charge < -0.3 is 10.2 Å². The Hall–Kier alpha value is -1.39. The number of hydrogen-bond acceptors (Lipinski definition) is 4. The Bertz CT molecular complexity index is 472. The number of amidine groups is 1. The third kappa shape index (κ3) is 2.86. The summed E-state index contributed by atoms with van der Waals surface area (Å²) in [5, 5.41) is 3.47. The van der Waals surface area contributed by atoms with Gasteiger partial charge in [-0.1, -0.05) is 29.8 Å². The Labute approximate surface area is 121 Å². The fourth-order valence-electron chi connectivity index (χ4n) is 2.97. The van der Waals surface area contributed by atoms with Crippen LogP contribution in [0.1, 0.15) is 17.2 Å². The van der Waals surface area contributed by atoms with Gasteiger partial charge in [0.05, 0.1) is 12.6 Å². The normalized spacial score (nSPS) is 22.4. The summed E-state index contributed by atoms with van der Waals surface area (Å²) in [7, 11) is 2.20. The number of aliphatic imine (C=N–C) groups is 1. The van der Waals surface area contributed by atoms with Crippen LogP contribution in [0.5, 0.6) is 0 Å². The van der Waals surface area contributed by atoms with Gasteiger partial charge in [-0.15, -0.1) is 0 Å². The molecule has 1 unspecified atom stereocenters. The summed E-state index contributed by atoms with van der Waals surface area (Å²) < 4.78 is 0. The van der Waals surface area contributed by atoms with Gasteiger partial charge in [0.2, 0.25) is 0 Å². The highest BCUT2D eigenvalue weighted by Crippen LogP contribution is 2.24. The summed E-state index contributed by atoms with van der Waals surface area (Å²) in [6.45, 7) is 8.51. The molecule has 0 aromatic heterocycles. The average molecular weight is 272 g/mol. The van der Waals surface area contributed by atoms with E-state index in [9.17, 15) is 0 Å². The minimum absolute atomic E-state index is 0.298. The zero-order valence-corrected chi connectivity index (χ0v) is 12.5. The summed E-state index contributed by atoms with van der Waals surface area (Å²) in [6, 6.07) is 9.20. The van der Waals surface area contributed by atoms with Crippen LogP contribution in [0.15, 0.2) is 29.3 Å². The fraction of sp³-hybridized carbons (Fsp3) is 0.562. The van der Waals surface area contributed by atoms with Crippen molar-refractivity contribution in [3.63, 3.8) is 0 Å². The van der Waals surface area contributed by atoms with Crippen molar-refractivity contribution in [3.8, 4) is 0 Å². The van der Waals surface area contributed by atoms with Crippen molar-refractivity contribution in [2.45, 2.75) is 13.0 Å². The molecule has 2 aliphatic heterocycles. The first-order valence-corrected chi connectivity index (χ1v) is 7.51. The van der Waals surface area contributed by atoms with Gasteiger partial charge in [0.25, 0.3) is 0 Å². The highest BCUT2D eigenvalue weighted by Gasteiger charge is 2.29. The van der Waals surface area contributed by atoms with Crippen molar-refractivity contribution in [2.24, 2.45) is 4.99 Å². The molecule has 0 amide bonds. The van der Waals surface area contributed by atoms with E-state index in [2.05, 4.69) is 58.3 Å². The minimum atomic E-state index is 0.298. The standard InChI is InChI=1S/C16H24N4/c1-13-3-5-14(6-4-13)15(16-17-7-8-18-16)20-11-9-19(2)10-12-20/h3-6,15H,7-12H2,1-2H3,(H,17,18). The smallest absolute Gasteiger partial charge is 0.119 e. The lowest BCUT2D eigenvalue weighted by Gasteiger charge is -2.38. The summed E-state index contributed by atoms with van der Waals surface area (Å²) in [5.74, 6) is 1.15.